The fourth-order valence-corrected chi connectivity index (χ4v) is 3.43. The summed E-state index contributed by atoms with van der Waals surface area (Å²) < 4.78 is 56.8. The lowest BCUT2D eigenvalue weighted by molar-refractivity contribution is -0.137. The van der Waals surface area contributed by atoms with Gasteiger partial charge in [-0.2, -0.15) is 13.2 Å². The van der Waals surface area contributed by atoms with Crippen LogP contribution in [-0.2, 0) is 17.5 Å². The largest absolute Gasteiger partial charge is 0.493 e. The Balaban J connectivity index is 1.37. The number of benzene rings is 2. The predicted octanol–water partition coefficient (Wildman–Crippen LogP) is 4.39. The van der Waals surface area contributed by atoms with Crippen molar-refractivity contribution < 1.29 is 27.1 Å². The van der Waals surface area contributed by atoms with Crippen molar-refractivity contribution in [3.05, 3.63) is 65.5 Å². The molecule has 1 saturated heterocycles. The summed E-state index contributed by atoms with van der Waals surface area (Å²) in [4.78, 5) is 14.2. The fourth-order valence-electron chi connectivity index (χ4n) is 3.43. The van der Waals surface area contributed by atoms with Crippen LogP contribution in [0.3, 0.4) is 0 Å². The van der Waals surface area contributed by atoms with Gasteiger partial charge in [0.05, 0.1) is 18.6 Å². The molecule has 0 unspecified atom stereocenters. The number of amides is 1. The van der Waals surface area contributed by atoms with E-state index in [-0.39, 0.29) is 30.8 Å². The third-order valence-corrected chi connectivity index (χ3v) is 5.02. The molecule has 1 amide bonds. The highest BCUT2D eigenvalue weighted by molar-refractivity contribution is 5.76. The van der Waals surface area contributed by atoms with Gasteiger partial charge < -0.3 is 10.1 Å². The first-order valence-electron chi connectivity index (χ1n) is 9.86. The van der Waals surface area contributed by atoms with Gasteiger partial charge in [0.1, 0.15) is 11.6 Å². The molecular weight excluding hydrogens is 400 g/mol. The van der Waals surface area contributed by atoms with Crippen molar-refractivity contribution in [2.75, 3.05) is 19.7 Å². The number of hydrogen-bond acceptors (Lipinski definition) is 3. The van der Waals surface area contributed by atoms with Gasteiger partial charge >= 0.3 is 6.18 Å². The number of piperidine rings is 1. The monoisotopic (exact) mass is 424 g/mol. The summed E-state index contributed by atoms with van der Waals surface area (Å²) in [7, 11) is 0. The minimum Gasteiger partial charge on any atom is -0.493 e. The zero-order valence-electron chi connectivity index (χ0n) is 16.4. The summed E-state index contributed by atoms with van der Waals surface area (Å²) in [5, 5.41) is 2.97. The van der Waals surface area contributed by atoms with E-state index in [4.69, 9.17) is 4.74 Å². The first-order chi connectivity index (χ1) is 14.3. The molecule has 0 bridgehead atoms. The Hall–Kier alpha value is -2.61. The van der Waals surface area contributed by atoms with E-state index in [0.29, 0.717) is 30.9 Å². The summed E-state index contributed by atoms with van der Waals surface area (Å²) >= 11 is 0. The molecule has 1 heterocycles. The van der Waals surface area contributed by atoms with Crippen LogP contribution in [0.25, 0.3) is 0 Å². The normalized spacial score (nSPS) is 15.7. The molecule has 8 heteroatoms. The van der Waals surface area contributed by atoms with Crippen molar-refractivity contribution >= 4 is 5.91 Å². The third kappa shape index (κ3) is 6.73. The number of hydrogen-bond donors (Lipinski definition) is 1. The summed E-state index contributed by atoms with van der Waals surface area (Å²) in [5.41, 5.74) is -0.00439. The quantitative estimate of drug-likeness (QED) is 0.671. The minimum absolute atomic E-state index is 0.0427. The lowest BCUT2D eigenvalue weighted by atomic mass is 10.0. The maximum atomic E-state index is 12.8. The zero-order chi connectivity index (χ0) is 21.6. The van der Waals surface area contributed by atoms with Crippen LogP contribution in [0.15, 0.2) is 48.5 Å². The second-order valence-corrected chi connectivity index (χ2v) is 7.37. The van der Waals surface area contributed by atoms with Gasteiger partial charge in [-0.3, -0.25) is 9.69 Å². The average molecular weight is 424 g/mol. The van der Waals surface area contributed by atoms with Gasteiger partial charge in [-0.15, -0.1) is 0 Å². The molecule has 2 aromatic carbocycles. The van der Waals surface area contributed by atoms with Crippen molar-refractivity contribution in [3.63, 3.8) is 0 Å². The maximum absolute atomic E-state index is 12.8. The molecule has 1 aliphatic rings. The van der Waals surface area contributed by atoms with E-state index in [0.717, 1.165) is 18.9 Å². The van der Waals surface area contributed by atoms with Crippen LogP contribution in [0.2, 0.25) is 0 Å². The van der Waals surface area contributed by atoms with E-state index in [1.807, 2.05) is 0 Å². The van der Waals surface area contributed by atoms with E-state index in [1.54, 1.807) is 6.07 Å². The molecule has 1 N–H and O–H groups in total. The maximum Gasteiger partial charge on any atom is 0.416 e. The standard InChI is InChI=1S/C22H24F4N2O2/c23-18-4-6-20(7-5-18)30-13-10-21(29)27-19-8-11-28(12-9-19)15-16-2-1-3-17(14-16)22(24,25)26/h1-7,14,19H,8-13,15H2,(H,27,29). The van der Waals surface area contributed by atoms with Crippen LogP contribution in [0, 0.1) is 5.82 Å². The lowest BCUT2D eigenvalue weighted by Crippen LogP contribution is -2.44. The van der Waals surface area contributed by atoms with Crippen LogP contribution in [0.4, 0.5) is 17.6 Å². The smallest absolute Gasteiger partial charge is 0.416 e. The molecule has 4 nitrogen and oxygen atoms in total. The van der Waals surface area contributed by atoms with Crippen molar-refractivity contribution in [1.29, 1.82) is 0 Å². The molecule has 0 spiro atoms. The Bertz CT molecular complexity index is 832. The molecule has 0 radical (unpaired) electrons. The van der Waals surface area contributed by atoms with E-state index in [1.165, 1.54) is 36.4 Å². The van der Waals surface area contributed by atoms with Crippen LogP contribution >= 0.6 is 0 Å². The van der Waals surface area contributed by atoms with Gasteiger partial charge in [0, 0.05) is 25.7 Å². The Morgan fingerprint density at radius 3 is 2.47 bits per heavy atom. The van der Waals surface area contributed by atoms with Crippen molar-refractivity contribution in [3.8, 4) is 5.75 Å². The number of halogens is 4. The number of carbonyl (C=O) groups excluding carboxylic acids is 1. The van der Waals surface area contributed by atoms with E-state index in [9.17, 15) is 22.4 Å². The summed E-state index contributed by atoms with van der Waals surface area (Å²) in [6.45, 7) is 2.06. The molecule has 0 aliphatic carbocycles. The molecule has 1 aliphatic heterocycles. The van der Waals surface area contributed by atoms with Gasteiger partial charge in [-0.25, -0.2) is 4.39 Å². The first-order valence-corrected chi connectivity index (χ1v) is 9.86. The second kappa shape index (κ2) is 9.93. The lowest BCUT2D eigenvalue weighted by Gasteiger charge is -2.32. The Morgan fingerprint density at radius 1 is 1.10 bits per heavy atom. The summed E-state index contributed by atoms with van der Waals surface area (Å²) in [6.07, 6.45) is -2.66. The second-order valence-electron chi connectivity index (χ2n) is 7.37. The molecule has 1 fully saturated rings. The Morgan fingerprint density at radius 2 is 1.80 bits per heavy atom. The van der Waals surface area contributed by atoms with E-state index < -0.39 is 11.7 Å². The highest BCUT2D eigenvalue weighted by atomic mass is 19.4. The molecule has 0 saturated carbocycles. The van der Waals surface area contributed by atoms with Gasteiger partial charge in [-0.05, 0) is 48.7 Å². The van der Waals surface area contributed by atoms with Gasteiger partial charge in [0.15, 0.2) is 0 Å². The van der Waals surface area contributed by atoms with Gasteiger partial charge in [0.25, 0.3) is 0 Å². The van der Waals surface area contributed by atoms with E-state index >= 15 is 0 Å². The number of nitrogens with zero attached hydrogens (tertiary/aromatic N) is 1. The summed E-state index contributed by atoms with van der Waals surface area (Å²) in [5.74, 6) is 0.0417. The highest BCUT2D eigenvalue weighted by Crippen LogP contribution is 2.30. The van der Waals surface area contributed by atoms with Crippen molar-refractivity contribution in [1.82, 2.24) is 10.2 Å². The fraction of sp³-hybridized carbons (Fsp3) is 0.409. The summed E-state index contributed by atoms with van der Waals surface area (Å²) in [6, 6.07) is 11.0. The number of carbonyl (C=O) groups is 1. The molecule has 3 rings (SSSR count). The predicted molar refractivity (Wildman–Crippen MR) is 104 cm³/mol. The van der Waals surface area contributed by atoms with Crippen molar-refractivity contribution in [2.24, 2.45) is 0 Å². The number of nitrogens with one attached hydrogen (secondary N) is 1. The van der Waals surface area contributed by atoms with Crippen LogP contribution < -0.4 is 10.1 Å². The highest BCUT2D eigenvalue weighted by Gasteiger charge is 2.30. The number of likely N-dealkylation sites (tertiary alicyclic amines) is 1. The Kier molecular flexibility index (Phi) is 7.31. The molecule has 0 aromatic heterocycles. The molecule has 162 valence electrons. The number of ether oxygens (including phenoxy) is 1. The number of alkyl halides is 3. The molecule has 30 heavy (non-hydrogen) atoms. The van der Waals surface area contributed by atoms with Crippen LogP contribution in [0.1, 0.15) is 30.4 Å². The molecule has 0 atom stereocenters. The SMILES string of the molecule is O=C(CCOc1ccc(F)cc1)NC1CCN(Cc2cccc(C(F)(F)F)c2)CC1. The topological polar surface area (TPSA) is 41.6 Å². The molecular formula is C22H24F4N2O2. The first kappa shape index (κ1) is 22.1. The Labute approximate surface area is 172 Å². The number of rotatable bonds is 7. The van der Waals surface area contributed by atoms with E-state index in [2.05, 4.69) is 10.2 Å². The molecule has 2 aromatic rings. The van der Waals surface area contributed by atoms with Gasteiger partial charge in [0.2, 0.25) is 5.91 Å². The van der Waals surface area contributed by atoms with Crippen molar-refractivity contribution in [2.45, 2.75) is 38.0 Å². The zero-order valence-corrected chi connectivity index (χ0v) is 16.4. The van der Waals surface area contributed by atoms with Crippen LogP contribution in [0.5, 0.6) is 5.75 Å². The average Bonchev–Trinajstić information content (AvgIpc) is 2.71. The van der Waals surface area contributed by atoms with Crippen LogP contribution in [-0.4, -0.2) is 36.5 Å². The van der Waals surface area contributed by atoms with Gasteiger partial charge in [-0.1, -0.05) is 18.2 Å². The minimum atomic E-state index is -4.34. The third-order valence-electron chi connectivity index (χ3n) is 5.02.